The van der Waals surface area contributed by atoms with Crippen LogP contribution in [0.5, 0.6) is 0 Å². The van der Waals surface area contributed by atoms with Gasteiger partial charge in [0.05, 0.1) is 6.61 Å². The SMILES string of the molecule is C=C(OCC)c1cnccc1CN(C)C(=O)OC(C)(C)C. The average molecular weight is 292 g/mol. The Morgan fingerprint density at radius 2 is 2.10 bits per heavy atom. The number of carbonyl (C=O) groups excluding carboxylic acids is 1. The van der Waals surface area contributed by atoms with Crippen LogP contribution in [-0.2, 0) is 16.0 Å². The van der Waals surface area contributed by atoms with Crippen molar-refractivity contribution in [2.45, 2.75) is 39.8 Å². The Labute approximate surface area is 126 Å². The van der Waals surface area contributed by atoms with Gasteiger partial charge in [0.1, 0.15) is 11.4 Å². The lowest BCUT2D eigenvalue weighted by atomic mass is 10.1. The maximum Gasteiger partial charge on any atom is 0.410 e. The van der Waals surface area contributed by atoms with Crippen LogP contribution in [0.3, 0.4) is 0 Å². The zero-order valence-corrected chi connectivity index (χ0v) is 13.5. The molecule has 1 aromatic rings. The second-order valence-corrected chi connectivity index (χ2v) is 5.73. The largest absolute Gasteiger partial charge is 0.494 e. The lowest BCUT2D eigenvalue weighted by Gasteiger charge is -2.25. The van der Waals surface area contributed by atoms with Gasteiger partial charge in [-0.1, -0.05) is 6.58 Å². The van der Waals surface area contributed by atoms with Crippen LogP contribution in [0.1, 0.15) is 38.8 Å². The molecule has 0 aliphatic heterocycles. The van der Waals surface area contributed by atoms with E-state index in [0.29, 0.717) is 18.9 Å². The zero-order chi connectivity index (χ0) is 16.0. The highest BCUT2D eigenvalue weighted by atomic mass is 16.6. The summed E-state index contributed by atoms with van der Waals surface area (Å²) in [6, 6.07) is 1.85. The minimum absolute atomic E-state index is 0.368. The van der Waals surface area contributed by atoms with E-state index in [0.717, 1.165) is 11.1 Å². The van der Waals surface area contributed by atoms with Crippen molar-refractivity contribution in [3.8, 4) is 0 Å². The summed E-state index contributed by atoms with van der Waals surface area (Å²) in [7, 11) is 1.70. The number of rotatable bonds is 5. The van der Waals surface area contributed by atoms with E-state index in [1.54, 1.807) is 19.4 Å². The van der Waals surface area contributed by atoms with Crippen LogP contribution in [-0.4, -0.2) is 35.2 Å². The number of carbonyl (C=O) groups is 1. The van der Waals surface area contributed by atoms with Crippen LogP contribution in [0.15, 0.2) is 25.0 Å². The van der Waals surface area contributed by atoms with E-state index in [2.05, 4.69) is 11.6 Å². The van der Waals surface area contributed by atoms with E-state index < -0.39 is 5.60 Å². The fourth-order valence-electron chi connectivity index (χ4n) is 1.72. The predicted molar refractivity (Wildman–Crippen MR) is 82.6 cm³/mol. The number of nitrogens with zero attached hydrogens (tertiary/aromatic N) is 2. The first-order valence-electron chi connectivity index (χ1n) is 6.93. The molecule has 1 rings (SSSR count). The number of pyridine rings is 1. The molecular formula is C16H24N2O3. The molecule has 1 heterocycles. The molecule has 116 valence electrons. The van der Waals surface area contributed by atoms with Crippen LogP contribution >= 0.6 is 0 Å². The molecule has 0 aliphatic rings. The third kappa shape index (κ3) is 5.45. The van der Waals surface area contributed by atoms with Gasteiger partial charge in [0.2, 0.25) is 0 Å². The van der Waals surface area contributed by atoms with Crippen molar-refractivity contribution in [2.24, 2.45) is 0 Å². The number of hydrogen-bond acceptors (Lipinski definition) is 4. The lowest BCUT2D eigenvalue weighted by Crippen LogP contribution is -2.34. The van der Waals surface area contributed by atoms with E-state index in [1.165, 1.54) is 4.90 Å². The normalized spacial score (nSPS) is 10.9. The van der Waals surface area contributed by atoms with Crippen LogP contribution < -0.4 is 0 Å². The summed E-state index contributed by atoms with van der Waals surface area (Å²) < 4.78 is 10.8. The molecule has 0 unspecified atom stereocenters. The van der Waals surface area contributed by atoms with Crippen molar-refractivity contribution in [3.63, 3.8) is 0 Å². The van der Waals surface area contributed by atoms with Gasteiger partial charge in [-0.15, -0.1) is 0 Å². The van der Waals surface area contributed by atoms with Gasteiger partial charge in [0.25, 0.3) is 0 Å². The first-order chi connectivity index (χ1) is 9.74. The Kier molecular flexibility index (Phi) is 5.76. The molecule has 0 N–H and O–H groups in total. The van der Waals surface area contributed by atoms with Crippen molar-refractivity contribution in [2.75, 3.05) is 13.7 Å². The highest BCUT2D eigenvalue weighted by Crippen LogP contribution is 2.20. The molecule has 5 nitrogen and oxygen atoms in total. The molecule has 0 bridgehead atoms. The minimum atomic E-state index is -0.513. The van der Waals surface area contributed by atoms with Gasteiger partial charge in [-0.25, -0.2) is 4.79 Å². The van der Waals surface area contributed by atoms with Gasteiger partial charge in [0, 0.05) is 31.5 Å². The maximum atomic E-state index is 12.0. The molecule has 0 atom stereocenters. The Hall–Kier alpha value is -2.04. The average Bonchev–Trinajstić information content (AvgIpc) is 2.37. The second kappa shape index (κ2) is 7.11. The molecule has 0 fully saturated rings. The van der Waals surface area contributed by atoms with E-state index in [9.17, 15) is 4.79 Å². The van der Waals surface area contributed by atoms with Crippen molar-refractivity contribution >= 4 is 11.9 Å². The molecule has 0 spiro atoms. The summed E-state index contributed by atoms with van der Waals surface area (Å²) >= 11 is 0. The van der Waals surface area contributed by atoms with Gasteiger partial charge in [-0.05, 0) is 39.3 Å². The number of hydrogen-bond donors (Lipinski definition) is 0. The standard InChI is InChI=1S/C16H24N2O3/c1-7-20-12(2)14-10-17-9-8-13(14)11-18(6)15(19)21-16(3,4)5/h8-10H,2,7,11H2,1,3-6H3. The fraction of sp³-hybridized carbons (Fsp3) is 0.500. The highest BCUT2D eigenvalue weighted by Gasteiger charge is 2.20. The second-order valence-electron chi connectivity index (χ2n) is 5.73. The number of ether oxygens (including phenoxy) is 2. The van der Waals surface area contributed by atoms with Crippen molar-refractivity contribution < 1.29 is 14.3 Å². The maximum absolute atomic E-state index is 12.0. The van der Waals surface area contributed by atoms with E-state index in [4.69, 9.17) is 9.47 Å². The monoisotopic (exact) mass is 292 g/mol. The van der Waals surface area contributed by atoms with E-state index >= 15 is 0 Å². The van der Waals surface area contributed by atoms with Gasteiger partial charge in [-0.2, -0.15) is 0 Å². The minimum Gasteiger partial charge on any atom is -0.494 e. The summed E-state index contributed by atoms with van der Waals surface area (Å²) in [6.07, 6.45) is 3.00. The fourth-order valence-corrected chi connectivity index (χ4v) is 1.72. The smallest absolute Gasteiger partial charge is 0.410 e. The molecule has 0 radical (unpaired) electrons. The topological polar surface area (TPSA) is 51.7 Å². The molecule has 1 aromatic heterocycles. The molecule has 5 heteroatoms. The van der Waals surface area contributed by atoms with Crippen molar-refractivity contribution in [1.29, 1.82) is 0 Å². The third-order valence-electron chi connectivity index (χ3n) is 2.64. The Morgan fingerprint density at radius 1 is 1.43 bits per heavy atom. The quantitative estimate of drug-likeness (QED) is 0.780. The van der Waals surface area contributed by atoms with Crippen molar-refractivity contribution in [1.82, 2.24) is 9.88 Å². The van der Waals surface area contributed by atoms with Gasteiger partial charge in [-0.3, -0.25) is 4.98 Å². The Bertz CT molecular complexity index is 506. The molecule has 0 aliphatic carbocycles. The summed E-state index contributed by atoms with van der Waals surface area (Å²) in [6.45, 7) is 12.2. The molecule has 21 heavy (non-hydrogen) atoms. The summed E-state index contributed by atoms with van der Waals surface area (Å²) in [4.78, 5) is 17.6. The van der Waals surface area contributed by atoms with Crippen molar-refractivity contribution in [3.05, 3.63) is 36.2 Å². The summed E-state index contributed by atoms with van der Waals surface area (Å²) in [5.41, 5.74) is 1.20. The molecule has 1 amide bonds. The van der Waals surface area contributed by atoms with Gasteiger partial charge < -0.3 is 14.4 Å². The molecule has 0 aromatic carbocycles. The van der Waals surface area contributed by atoms with Crippen LogP contribution in [0, 0.1) is 0 Å². The number of amides is 1. The van der Waals surface area contributed by atoms with Crippen LogP contribution in [0.4, 0.5) is 4.79 Å². The third-order valence-corrected chi connectivity index (χ3v) is 2.64. The first kappa shape index (κ1) is 17.0. The molecular weight excluding hydrogens is 268 g/mol. The molecule has 0 saturated carbocycles. The predicted octanol–water partition coefficient (Wildman–Crippen LogP) is 3.46. The number of aromatic nitrogens is 1. The lowest BCUT2D eigenvalue weighted by molar-refractivity contribution is 0.0285. The van der Waals surface area contributed by atoms with Gasteiger partial charge >= 0.3 is 6.09 Å². The molecule has 0 saturated heterocycles. The van der Waals surface area contributed by atoms with E-state index in [-0.39, 0.29) is 6.09 Å². The van der Waals surface area contributed by atoms with Crippen LogP contribution in [0.2, 0.25) is 0 Å². The Balaban J connectivity index is 2.83. The zero-order valence-electron chi connectivity index (χ0n) is 13.5. The summed E-state index contributed by atoms with van der Waals surface area (Å²) in [5, 5.41) is 0. The Morgan fingerprint density at radius 3 is 2.67 bits per heavy atom. The van der Waals surface area contributed by atoms with Gasteiger partial charge in [0.15, 0.2) is 0 Å². The van der Waals surface area contributed by atoms with E-state index in [1.807, 2.05) is 33.8 Å². The highest BCUT2D eigenvalue weighted by molar-refractivity contribution is 5.68. The first-order valence-corrected chi connectivity index (χ1v) is 6.93. The van der Waals surface area contributed by atoms with Crippen LogP contribution in [0.25, 0.3) is 5.76 Å². The summed E-state index contributed by atoms with van der Waals surface area (Å²) in [5.74, 6) is 0.554.